The molecule has 0 saturated heterocycles. The quantitative estimate of drug-likeness (QED) is 0.680. The smallest absolute Gasteiger partial charge is 0.302 e. The molecule has 0 spiro atoms. The summed E-state index contributed by atoms with van der Waals surface area (Å²) in [7, 11) is 0. The summed E-state index contributed by atoms with van der Waals surface area (Å²) >= 11 is 0. The lowest BCUT2D eigenvalue weighted by atomic mass is 9.41. The maximum Gasteiger partial charge on any atom is 0.302 e. The molecule has 0 N–H and O–H groups in total. The van der Waals surface area contributed by atoms with Gasteiger partial charge in [0.15, 0.2) is 0 Å². The molecule has 6 fully saturated rings. The first-order valence-corrected chi connectivity index (χ1v) is 6.95. The van der Waals surface area contributed by atoms with Crippen LogP contribution in [0.25, 0.3) is 0 Å². The summed E-state index contributed by atoms with van der Waals surface area (Å²) in [5, 5.41) is 0. The first-order valence-electron chi connectivity index (χ1n) is 6.95. The minimum Gasteiger partial charge on any atom is -0.462 e. The summed E-state index contributed by atoms with van der Waals surface area (Å²) in [6.07, 6.45) is 0.267. The fourth-order valence-electron chi connectivity index (χ4n) is 6.78. The highest BCUT2D eigenvalue weighted by molar-refractivity contribution is 5.67. The van der Waals surface area contributed by atoms with E-state index in [-0.39, 0.29) is 24.1 Å². The topological polar surface area (TPSA) is 52.6 Å². The number of ether oxygens (including phenoxy) is 2. The SMILES string of the molecule is CC(=O)OC1C2C3C4C1C1C2C3C4[C@H]1OC(C)=O. The Balaban J connectivity index is 1.49. The number of carbonyl (C=O) groups is 2. The second kappa shape index (κ2) is 2.61. The molecule has 6 aliphatic rings. The second-order valence-electron chi connectivity index (χ2n) is 6.77. The zero-order valence-corrected chi connectivity index (χ0v) is 10.4. The van der Waals surface area contributed by atoms with Crippen LogP contribution in [0.15, 0.2) is 0 Å². The van der Waals surface area contributed by atoms with E-state index in [1.54, 1.807) is 0 Å². The molecule has 0 aromatic carbocycles. The van der Waals surface area contributed by atoms with E-state index in [4.69, 9.17) is 9.47 Å². The first-order chi connectivity index (χ1) is 8.61. The highest BCUT2D eigenvalue weighted by Crippen LogP contribution is 2.89. The predicted octanol–water partition coefficient (Wildman–Crippen LogP) is 0.847. The van der Waals surface area contributed by atoms with E-state index in [2.05, 4.69) is 0 Å². The van der Waals surface area contributed by atoms with Crippen molar-refractivity contribution in [3.63, 3.8) is 0 Å². The molecule has 0 heterocycles. The molecule has 10 atom stereocenters. The standard InChI is InChI=1S/C14H16O4/c1-3(15)17-13-9-5-6-7(9)12-11(13)8(5)10(6)14(12)18-4(2)16/h5-14H,1-2H3/t5?,6?,7?,8?,9?,10?,11?,12?,13-,14?/m1/s1. The molecular weight excluding hydrogens is 232 g/mol. The predicted molar refractivity (Wildman–Crippen MR) is 59.0 cm³/mol. The van der Waals surface area contributed by atoms with Gasteiger partial charge in [-0.05, 0) is 23.7 Å². The van der Waals surface area contributed by atoms with Gasteiger partial charge in [-0.2, -0.15) is 0 Å². The summed E-state index contributed by atoms with van der Waals surface area (Å²) in [5.74, 6) is 4.80. The summed E-state index contributed by atoms with van der Waals surface area (Å²) in [6, 6.07) is 0. The average molecular weight is 248 g/mol. The summed E-state index contributed by atoms with van der Waals surface area (Å²) < 4.78 is 11.1. The van der Waals surface area contributed by atoms with Crippen molar-refractivity contribution in [3.05, 3.63) is 0 Å². The normalized spacial score (nSPS) is 63.4. The van der Waals surface area contributed by atoms with Gasteiger partial charge in [-0.15, -0.1) is 0 Å². The monoisotopic (exact) mass is 248 g/mol. The maximum atomic E-state index is 11.2. The average Bonchev–Trinajstić information content (AvgIpc) is 2.69. The molecule has 4 bridgehead atoms. The molecule has 0 aromatic heterocycles. The van der Waals surface area contributed by atoms with Crippen molar-refractivity contribution in [2.24, 2.45) is 47.3 Å². The molecule has 4 nitrogen and oxygen atoms in total. The molecule has 0 radical (unpaired) electrons. The van der Waals surface area contributed by atoms with Crippen molar-refractivity contribution in [2.75, 3.05) is 0 Å². The zero-order chi connectivity index (χ0) is 12.3. The van der Waals surface area contributed by atoms with Crippen LogP contribution in [0.5, 0.6) is 0 Å². The van der Waals surface area contributed by atoms with Crippen molar-refractivity contribution in [3.8, 4) is 0 Å². The number of rotatable bonds is 2. The van der Waals surface area contributed by atoms with E-state index in [0.717, 1.165) is 11.8 Å². The summed E-state index contributed by atoms with van der Waals surface area (Å²) in [4.78, 5) is 22.5. The van der Waals surface area contributed by atoms with E-state index < -0.39 is 0 Å². The van der Waals surface area contributed by atoms with Crippen LogP contribution in [0.4, 0.5) is 0 Å². The van der Waals surface area contributed by atoms with Gasteiger partial charge in [0, 0.05) is 37.5 Å². The van der Waals surface area contributed by atoms with Crippen LogP contribution in [-0.4, -0.2) is 24.1 Å². The molecule has 6 rings (SSSR count). The minimum atomic E-state index is -0.156. The number of hydrogen-bond acceptors (Lipinski definition) is 4. The maximum absolute atomic E-state index is 11.2. The van der Waals surface area contributed by atoms with Crippen LogP contribution in [0.3, 0.4) is 0 Å². The van der Waals surface area contributed by atoms with Crippen LogP contribution in [0, 0.1) is 47.3 Å². The first kappa shape index (κ1) is 9.82. The summed E-state index contributed by atoms with van der Waals surface area (Å²) in [6.45, 7) is 3.00. The van der Waals surface area contributed by atoms with Crippen molar-refractivity contribution in [2.45, 2.75) is 26.1 Å². The lowest BCUT2D eigenvalue weighted by Crippen LogP contribution is -2.61. The lowest BCUT2D eigenvalue weighted by molar-refractivity contribution is -0.183. The fourth-order valence-corrected chi connectivity index (χ4v) is 6.78. The van der Waals surface area contributed by atoms with Gasteiger partial charge >= 0.3 is 11.9 Å². The van der Waals surface area contributed by atoms with Gasteiger partial charge in [-0.25, -0.2) is 0 Å². The van der Waals surface area contributed by atoms with Gasteiger partial charge in [-0.1, -0.05) is 0 Å². The molecule has 9 unspecified atom stereocenters. The Hall–Kier alpha value is -1.06. The Morgan fingerprint density at radius 1 is 0.611 bits per heavy atom. The summed E-state index contributed by atoms with van der Waals surface area (Å²) in [5.41, 5.74) is 0. The molecule has 6 saturated carbocycles. The second-order valence-corrected chi connectivity index (χ2v) is 6.77. The van der Waals surface area contributed by atoms with Crippen molar-refractivity contribution < 1.29 is 19.1 Å². The third-order valence-corrected chi connectivity index (χ3v) is 6.57. The Bertz CT molecular complexity index is 442. The van der Waals surface area contributed by atoms with Gasteiger partial charge in [0.25, 0.3) is 0 Å². The number of hydrogen-bond donors (Lipinski definition) is 0. The molecule has 18 heavy (non-hydrogen) atoms. The molecule has 6 aliphatic carbocycles. The van der Waals surface area contributed by atoms with E-state index in [1.165, 1.54) is 13.8 Å². The van der Waals surface area contributed by atoms with E-state index in [0.29, 0.717) is 35.5 Å². The van der Waals surface area contributed by atoms with Crippen LogP contribution in [0.2, 0.25) is 0 Å². The molecular formula is C14H16O4. The number of carbonyl (C=O) groups excluding carboxylic acids is 2. The Morgan fingerprint density at radius 3 is 1.22 bits per heavy atom. The van der Waals surface area contributed by atoms with Gasteiger partial charge in [0.05, 0.1) is 0 Å². The van der Waals surface area contributed by atoms with Gasteiger partial charge < -0.3 is 9.47 Å². The van der Waals surface area contributed by atoms with Gasteiger partial charge in [0.2, 0.25) is 0 Å². The molecule has 0 aliphatic heterocycles. The fraction of sp³-hybridized carbons (Fsp3) is 0.857. The van der Waals surface area contributed by atoms with Gasteiger partial charge in [0.1, 0.15) is 12.2 Å². The van der Waals surface area contributed by atoms with E-state index in [9.17, 15) is 9.59 Å². The third-order valence-electron chi connectivity index (χ3n) is 6.57. The van der Waals surface area contributed by atoms with Crippen LogP contribution < -0.4 is 0 Å². The highest BCUT2D eigenvalue weighted by atomic mass is 16.6. The van der Waals surface area contributed by atoms with Crippen molar-refractivity contribution in [1.29, 1.82) is 0 Å². The Labute approximate surface area is 105 Å². The molecule has 0 aromatic rings. The Kier molecular flexibility index (Phi) is 1.42. The largest absolute Gasteiger partial charge is 0.462 e. The van der Waals surface area contributed by atoms with Crippen LogP contribution in [-0.2, 0) is 19.1 Å². The van der Waals surface area contributed by atoms with E-state index in [1.807, 2.05) is 0 Å². The van der Waals surface area contributed by atoms with E-state index >= 15 is 0 Å². The van der Waals surface area contributed by atoms with Crippen LogP contribution >= 0.6 is 0 Å². The van der Waals surface area contributed by atoms with Crippen LogP contribution in [0.1, 0.15) is 13.8 Å². The Morgan fingerprint density at radius 2 is 0.889 bits per heavy atom. The highest BCUT2D eigenvalue weighted by Gasteiger charge is 2.91. The van der Waals surface area contributed by atoms with Gasteiger partial charge in [-0.3, -0.25) is 9.59 Å². The lowest BCUT2D eigenvalue weighted by Gasteiger charge is -2.62. The van der Waals surface area contributed by atoms with Crippen molar-refractivity contribution in [1.82, 2.24) is 0 Å². The minimum absolute atomic E-state index is 0.134. The molecule has 96 valence electrons. The molecule has 4 heteroatoms. The zero-order valence-electron chi connectivity index (χ0n) is 10.4. The number of esters is 2. The third kappa shape index (κ3) is 0.733. The van der Waals surface area contributed by atoms with Crippen molar-refractivity contribution >= 4 is 11.9 Å². The molecule has 0 amide bonds.